The van der Waals surface area contributed by atoms with Gasteiger partial charge in [-0.2, -0.15) is 0 Å². The minimum atomic E-state index is 1.05. The Morgan fingerprint density at radius 3 is 1.96 bits per heavy atom. The zero-order valence-electron chi connectivity index (χ0n) is 14.7. The van der Waals surface area contributed by atoms with Crippen molar-refractivity contribution in [3.05, 3.63) is 108 Å². The highest BCUT2D eigenvalue weighted by Crippen LogP contribution is 2.34. The van der Waals surface area contributed by atoms with Crippen LogP contribution in [0.5, 0.6) is 0 Å². The quantitative estimate of drug-likeness (QED) is 0.248. The minimum Gasteiger partial charge on any atom is -0.0622 e. The van der Waals surface area contributed by atoms with Crippen molar-refractivity contribution < 1.29 is 0 Å². The maximum Gasteiger partial charge on any atom is -0.00668 e. The average molecular weight is 332 g/mol. The van der Waals surface area contributed by atoms with E-state index in [1.165, 1.54) is 43.4 Å². The Morgan fingerprint density at radius 1 is 0.462 bits per heavy atom. The van der Waals surface area contributed by atoms with E-state index in [1.807, 2.05) is 0 Å². The Kier molecular flexibility index (Phi) is 3.68. The van der Waals surface area contributed by atoms with E-state index >= 15 is 0 Å². The van der Waals surface area contributed by atoms with Crippen molar-refractivity contribution >= 4 is 32.3 Å². The molecule has 0 heterocycles. The normalized spacial score (nSPS) is 11.4. The lowest BCUT2D eigenvalue weighted by Crippen LogP contribution is -1.95. The van der Waals surface area contributed by atoms with Gasteiger partial charge in [-0.05, 0) is 62.4 Å². The molecule has 0 aromatic heterocycles. The van der Waals surface area contributed by atoms with Gasteiger partial charge in [-0.25, -0.2) is 0 Å². The first-order chi connectivity index (χ1) is 12.9. The van der Waals surface area contributed by atoms with E-state index in [0.717, 1.165) is 12.8 Å². The first-order valence-electron chi connectivity index (χ1n) is 9.26. The number of hydrogen-bond acceptors (Lipinski definition) is 0. The van der Waals surface area contributed by atoms with Crippen molar-refractivity contribution in [2.45, 2.75) is 12.8 Å². The monoisotopic (exact) mass is 332 g/mol. The largest absolute Gasteiger partial charge is 0.0622 e. The first kappa shape index (κ1) is 15.2. The first-order valence-corrected chi connectivity index (χ1v) is 9.26. The Balaban J connectivity index is 1.79. The van der Waals surface area contributed by atoms with Crippen LogP contribution in [0.25, 0.3) is 32.3 Å². The molecular formula is C26H20. The summed E-state index contributed by atoms with van der Waals surface area (Å²) >= 11 is 0. The standard InChI is InChI=1S/C26H20/c1-2-8-19(9-3-1)14-17-25-23-12-6-5-11-21(23)18-22-16-15-20-10-4-7-13-24(20)26(22)25/h1-13,15-16,18H,14,17H2. The van der Waals surface area contributed by atoms with E-state index in [2.05, 4.69) is 97.1 Å². The topological polar surface area (TPSA) is 0 Å². The van der Waals surface area contributed by atoms with Crippen molar-refractivity contribution in [1.82, 2.24) is 0 Å². The minimum absolute atomic E-state index is 1.05. The number of aryl methyl sites for hydroxylation is 2. The smallest absolute Gasteiger partial charge is 0.00668 e. The molecule has 0 aliphatic rings. The van der Waals surface area contributed by atoms with Crippen LogP contribution in [0.4, 0.5) is 0 Å². The Hall–Kier alpha value is -3.12. The third-order valence-corrected chi connectivity index (χ3v) is 5.37. The molecule has 0 aliphatic heterocycles. The second kappa shape index (κ2) is 6.31. The molecular weight excluding hydrogens is 312 g/mol. The van der Waals surface area contributed by atoms with Gasteiger partial charge in [0.2, 0.25) is 0 Å². The fraction of sp³-hybridized carbons (Fsp3) is 0.0769. The predicted molar refractivity (Wildman–Crippen MR) is 113 cm³/mol. The number of benzene rings is 5. The molecule has 26 heavy (non-hydrogen) atoms. The van der Waals surface area contributed by atoms with E-state index < -0.39 is 0 Å². The molecule has 0 bridgehead atoms. The summed E-state index contributed by atoms with van der Waals surface area (Å²) in [5, 5.41) is 8.14. The molecule has 0 saturated heterocycles. The number of hydrogen-bond donors (Lipinski definition) is 0. The molecule has 0 nitrogen and oxygen atoms in total. The van der Waals surface area contributed by atoms with Gasteiger partial charge in [0.25, 0.3) is 0 Å². The fourth-order valence-electron chi connectivity index (χ4n) is 4.12. The van der Waals surface area contributed by atoms with Gasteiger partial charge in [-0.3, -0.25) is 0 Å². The van der Waals surface area contributed by atoms with Crippen molar-refractivity contribution in [1.29, 1.82) is 0 Å². The molecule has 0 heteroatoms. The Bertz CT molecular complexity index is 1220. The highest BCUT2D eigenvalue weighted by molar-refractivity contribution is 6.14. The van der Waals surface area contributed by atoms with E-state index in [4.69, 9.17) is 0 Å². The van der Waals surface area contributed by atoms with Gasteiger partial charge < -0.3 is 0 Å². The van der Waals surface area contributed by atoms with Gasteiger partial charge in [0.05, 0.1) is 0 Å². The molecule has 0 spiro atoms. The van der Waals surface area contributed by atoms with E-state index in [0.29, 0.717) is 0 Å². The maximum atomic E-state index is 2.34. The van der Waals surface area contributed by atoms with Gasteiger partial charge in [0.1, 0.15) is 0 Å². The Morgan fingerprint density at radius 2 is 1.12 bits per heavy atom. The summed E-state index contributed by atoms with van der Waals surface area (Å²) in [6.07, 6.45) is 2.11. The summed E-state index contributed by atoms with van der Waals surface area (Å²) in [5.74, 6) is 0. The molecule has 0 fully saturated rings. The van der Waals surface area contributed by atoms with Crippen LogP contribution in [-0.4, -0.2) is 0 Å². The number of fused-ring (bicyclic) bond motifs is 4. The lowest BCUT2D eigenvalue weighted by Gasteiger charge is -2.14. The molecule has 0 aliphatic carbocycles. The van der Waals surface area contributed by atoms with Crippen LogP contribution < -0.4 is 0 Å². The highest BCUT2D eigenvalue weighted by Gasteiger charge is 2.11. The predicted octanol–water partition coefficient (Wildman–Crippen LogP) is 6.93. The second-order valence-electron chi connectivity index (χ2n) is 6.95. The third-order valence-electron chi connectivity index (χ3n) is 5.37. The van der Waals surface area contributed by atoms with Crippen molar-refractivity contribution in [3.8, 4) is 0 Å². The lowest BCUT2D eigenvalue weighted by atomic mass is 9.90. The summed E-state index contributed by atoms with van der Waals surface area (Å²) < 4.78 is 0. The number of rotatable bonds is 3. The van der Waals surface area contributed by atoms with Gasteiger partial charge in [-0.1, -0.05) is 91.0 Å². The highest BCUT2D eigenvalue weighted by atomic mass is 14.1. The van der Waals surface area contributed by atoms with Crippen molar-refractivity contribution in [2.24, 2.45) is 0 Å². The van der Waals surface area contributed by atoms with Crippen molar-refractivity contribution in [3.63, 3.8) is 0 Å². The average Bonchev–Trinajstić information content (AvgIpc) is 2.71. The molecule has 0 atom stereocenters. The van der Waals surface area contributed by atoms with Gasteiger partial charge >= 0.3 is 0 Å². The second-order valence-corrected chi connectivity index (χ2v) is 6.95. The molecule has 0 amide bonds. The van der Waals surface area contributed by atoms with Crippen LogP contribution in [0.1, 0.15) is 11.1 Å². The summed E-state index contributed by atoms with van der Waals surface area (Å²) in [7, 11) is 0. The molecule has 5 rings (SSSR count). The summed E-state index contributed by atoms with van der Waals surface area (Å²) in [6.45, 7) is 0. The summed E-state index contributed by atoms with van der Waals surface area (Å²) in [5.41, 5.74) is 2.87. The molecule has 0 saturated carbocycles. The van der Waals surface area contributed by atoms with E-state index in [9.17, 15) is 0 Å². The zero-order chi connectivity index (χ0) is 17.3. The van der Waals surface area contributed by atoms with Crippen LogP contribution in [0.2, 0.25) is 0 Å². The van der Waals surface area contributed by atoms with Crippen LogP contribution in [-0.2, 0) is 12.8 Å². The molecule has 0 unspecified atom stereocenters. The fourth-order valence-corrected chi connectivity index (χ4v) is 4.12. The third kappa shape index (κ3) is 2.55. The summed E-state index contributed by atoms with van der Waals surface area (Å²) in [4.78, 5) is 0. The zero-order valence-corrected chi connectivity index (χ0v) is 14.7. The summed E-state index contributed by atoms with van der Waals surface area (Å²) in [6, 6.07) is 35.2. The SMILES string of the molecule is c1ccc(CCc2c3ccccc3cc3ccc4ccccc4c23)cc1. The maximum absolute atomic E-state index is 2.34. The molecule has 5 aromatic carbocycles. The molecule has 124 valence electrons. The van der Waals surface area contributed by atoms with Gasteiger partial charge in [0.15, 0.2) is 0 Å². The van der Waals surface area contributed by atoms with Crippen LogP contribution in [0, 0.1) is 0 Å². The molecule has 0 N–H and O–H groups in total. The van der Waals surface area contributed by atoms with Crippen molar-refractivity contribution in [2.75, 3.05) is 0 Å². The van der Waals surface area contributed by atoms with Gasteiger partial charge in [0, 0.05) is 0 Å². The lowest BCUT2D eigenvalue weighted by molar-refractivity contribution is 0.978. The van der Waals surface area contributed by atoms with E-state index in [1.54, 1.807) is 0 Å². The van der Waals surface area contributed by atoms with Crippen LogP contribution in [0.15, 0.2) is 97.1 Å². The Labute approximate surface area is 153 Å². The van der Waals surface area contributed by atoms with Crippen LogP contribution >= 0.6 is 0 Å². The molecule has 0 radical (unpaired) electrons. The van der Waals surface area contributed by atoms with Gasteiger partial charge in [-0.15, -0.1) is 0 Å². The molecule has 5 aromatic rings. The van der Waals surface area contributed by atoms with E-state index in [-0.39, 0.29) is 0 Å². The van der Waals surface area contributed by atoms with Crippen LogP contribution in [0.3, 0.4) is 0 Å².